The Morgan fingerprint density at radius 1 is 1.60 bits per heavy atom. The summed E-state index contributed by atoms with van der Waals surface area (Å²) in [5.74, 6) is -0.229. The van der Waals surface area contributed by atoms with E-state index in [1.54, 1.807) is 19.0 Å². The number of likely N-dealkylation sites (N-methyl/N-ethyl adjacent to an activating group) is 1. The smallest absolute Gasteiger partial charge is 0.236 e. The van der Waals surface area contributed by atoms with E-state index in [2.05, 4.69) is 5.32 Å². The quantitative estimate of drug-likeness (QED) is 0.541. The molecule has 0 aliphatic carbocycles. The van der Waals surface area contributed by atoms with Gasteiger partial charge in [0.1, 0.15) is 0 Å². The Bertz CT molecular complexity index is 100. The average Bonchev–Trinajstić information content (AvgIpc) is 1.58. The van der Waals surface area contributed by atoms with E-state index < -0.39 is 6.23 Å². The summed E-state index contributed by atoms with van der Waals surface area (Å²) in [6.45, 7) is 1.67. The zero-order valence-corrected chi connectivity index (χ0v) is 6.55. The molecule has 0 aromatic heterocycles. The normalized spacial score (nSPS) is 13.3. The largest absolute Gasteiger partial charge is 0.327 e. The van der Waals surface area contributed by atoms with Crippen molar-refractivity contribution in [2.75, 3.05) is 20.6 Å². The summed E-state index contributed by atoms with van der Waals surface area (Å²) >= 11 is 0. The number of hydrogen-bond donors (Lipinski definition) is 1. The summed E-state index contributed by atoms with van der Waals surface area (Å²) in [7, 11) is 3.55. The minimum atomic E-state index is -1.01. The van der Waals surface area contributed by atoms with Gasteiger partial charge in [-0.05, 0) is 21.0 Å². The highest BCUT2D eigenvalue weighted by Crippen LogP contribution is 1.77. The van der Waals surface area contributed by atoms with Crippen LogP contribution in [0.25, 0.3) is 0 Å². The van der Waals surface area contributed by atoms with Gasteiger partial charge in [0.05, 0.1) is 6.54 Å². The Kier molecular flexibility index (Phi) is 3.99. The molecule has 4 nitrogen and oxygen atoms in total. The SMILES string of the molecule is CC([O])NC(=O)CN(C)C. The molecule has 1 N–H and O–H groups in total. The van der Waals surface area contributed by atoms with Gasteiger partial charge >= 0.3 is 0 Å². The van der Waals surface area contributed by atoms with E-state index in [0.717, 1.165) is 0 Å². The van der Waals surface area contributed by atoms with Crippen LogP contribution in [0, 0.1) is 0 Å². The molecule has 0 saturated heterocycles. The molecule has 1 atom stereocenters. The lowest BCUT2D eigenvalue weighted by molar-refractivity contribution is -0.125. The molecule has 0 aromatic carbocycles. The summed E-state index contributed by atoms with van der Waals surface area (Å²) in [6, 6.07) is 0. The van der Waals surface area contributed by atoms with Gasteiger partial charge in [-0.15, -0.1) is 0 Å². The molecular weight excluding hydrogens is 132 g/mol. The maximum Gasteiger partial charge on any atom is 0.236 e. The summed E-state index contributed by atoms with van der Waals surface area (Å²) < 4.78 is 0. The fraction of sp³-hybridized carbons (Fsp3) is 0.833. The molecule has 0 bridgehead atoms. The standard InChI is InChI=1S/C6H13N2O2/c1-5(9)7-6(10)4-8(2)3/h5H,4H2,1-3H3,(H,7,10). The van der Waals surface area contributed by atoms with Crippen LogP contribution in [0.5, 0.6) is 0 Å². The predicted molar refractivity (Wildman–Crippen MR) is 36.8 cm³/mol. The van der Waals surface area contributed by atoms with Gasteiger partial charge in [-0.3, -0.25) is 4.79 Å². The van der Waals surface area contributed by atoms with Crippen LogP contribution in [0.2, 0.25) is 0 Å². The van der Waals surface area contributed by atoms with Gasteiger partial charge in [0.15, 0.2) is 6.23 Å². The lowest BCUT2D eigenvalue weighted by atomic mass is 10.5. The first-order valence-corrected chi connectivity index (χ1v) is 3.12. The molecule has 10 heavy (non-hydrogen) atoms. The fourth-order valence-electron chi connectivity index (χ4n) is 0.560. The first-order chi connectivity index (χ1) is 4.52. The van der Waals surface area contributed by atoms with Crippen LogP contribution in [0.1, 0.15) is 6.92 Å². The third kappa shape index (κ3) is 5.53. The molecule has 0 spiro atoms. The van der Waals surface area contributed by atoms with Gasteiger partial charge in [-0.25, -0.2) is 5.11 Å². The van der Waals surface area contributed by atoms with Gasteiger partial charge in [-0.2, -0.15) is 0 Å². The van der Waals surface area contributed by atoms with Gasteiger partial charge in [-0.1, -0.05) is 0 Å². The van der Waals surface area contributed by atoms with Crippen molar-refractivity contribution in [2.45, 2.75) is 13.2 Å². The predicted octanol–water partition coefficient (Wildman–Crippen LogP) is -0.559. The number of carbonyl (C=O) groups is 1. The van der Waals surface area contributed by atoms with Crippen LogP contribution in [0.15, 0.2) is 0 Å². The summed E-state index contributed by atoms with van der Waals surface area (Å²) in [5, 5.41) is 12.6. The van der Waals surface area contributed by atoms with E-state index in [9.17, 15) is 9.90 Å². The molecule has 59 valence electrons. The van der Waals surface area contributed by atoms with Crippen molar-refractivity contribution in [1.29, 1.82) is 0 Å². The lowest BCUT2D eigenvalue weighted by Crippen LogP contribution is -2.37. The number of amides is 1. The summed E-state index contributed by atoms with van der Waals surface area (Å²) in [5.41, 5.74) is 0. The number of hydrogen-bond acceptors (Lipinski definition) is 2. The van der Waals surface area contributed by atoms with Crippen molar-refractivity contribution in [3.63, 3.8) is 0 Å². The van der Waals surface area contributed by atoms with Crippen LogP contribution in [0.3, 0.4) is 0 Å². The fourth-order valence-corrected chi connectivity index (χ4v) is 0.560. The molecule has 0 saturated carbocycles. The first-order valence-electron chi connectivity index (χ1n) is 3.12. The molecule has 1 unspecified atom stereocenters. The van der Waals surface area contributed by atoms with E-state index >= 15 is 0 Å². The second-order valence-corrected chi connectivity index (χ2v) is 2.45. The Morgan fingerprint density at radius 2 is 2.10 bits per heavy atom. The zero-order valence-electron chi connectivity index (χ0n) is 6.55. The molecule has 0 aliphatic rings. The van der Waals surface area contributed by atoms with Crippen molar-refractivity contribution in [3.05, 3.63) is 0 Å². The van der Waals surface area contributed by atoms with Crippen molar-refractivity contribution >= 4 is 5.91 Å². The molecule has 0 aliphatic heterocycles. The minimum absolute atomic E-state index is 0.229. The zero-order chi connectivity index (χ0) is 8.15. The molecule has 0 aromatic rings. The minimum Gasteiger partial charge on any atom is -0.327 e. The molecule has 1 amide bonds. The second-order valence-electron chi connectivity index (χ2n) is 2.45. The average molecular weight is 145 g/mol. The second kappa shape index (κ2) is 4.24. The molecule has 0 heterocycles. The van der Waals surface area contributed by atoms with E-state index in [4.69, 9.17) is 0 Å². The van der Waals surface area contributed by atoms with Gasteiger partial charge in [0.25, 0.3) is 0 Å². The van der Waals surface area contributed by atoms with Crippen molar-refractivity contribution < 1.29 is 9.90 Å². The first kappa shape index (κ1) is 9.39. The number of carbonyl (C=O) groups excluding carboxylic acids is 1. The van der Waals surface area contributed by atoms with Crippen molar-refractivity contribution in [3.8, 4) is 0 Å². The Hall–Kier alpha value is -0.610. The van der Waals surface area contributed by atoms with Crippen LogP contribution < -0.4 is 5.32 Å². The van der Waals surface area contributed by atoms with Crippen molar-refractivity contribution in [2.24, 2.45) is 0 Å². The van der Waals surface area contributed by atoms with Crippen LogP contribution in [-0.4, -0.2) is 37.7 Å². The van der Waals surface area contributed by atoms with Crippen LogP contribution in [-0.2, 0) is 9.90 Å². The lowest BCUT2D eigenvalue weighted by Gasteiger charge is -2.09. The Balaban J connectivity index is 3.44. The molecule has 4 heteroatoms. The number of rotatable bonds is 3. The van der Waals surface area contributed by atoms with Crippen LogP contribution >= 0.6 is 0 Å². The topological polar surface area (TPSA) is 52.2 Å². The highest BCUT2D eigenvalue weighted by Gasteiger charge is 2.04. The highest BCUT2D eigenvalue weighted by molar-refractivity contribution is 5.78. The number of nitrogens with one attached hydrogen (secondary N) is 1. The maximum atomic E-state index is 10.7. The molecule has 1 radical (unpaired) electrons. The van der Waals surface area contributed by atoms with E-state index in [0.29, 0.717) is 0 Å². The monoisotopic (exact) mass is 145 g/mol. The third-order valence-corrected chi connectivity index (χ3v) is 0.824. The van der Waals surface area contributed by atoms with Gasteiger partial charge < -0.3 is 10.2 Å². The summed E-state index contributed by atoms with van der Waals surface area (Å²) in [6.07, 6.45) is -1.01. The molecule has 0 rings (SSSR count). The van der Waals surface area contributed by atoms with E-state index in [1.165, 1.54) is 6.92 Å². The molecular formula is C6H13N2O2. The van der Waals surface area contributed by atoms with Crippen LogP contribution in [0.4, 0.5) is 0 Å². The number of nitrogens with zero attached hydrogens (tertiary/aromatic N) is 1. The maximum absolute atomic E-state index is 10.7. The summed E-state index contributed by atoms with van der Waals surface area (Å²) in [4.78, 5) is 12.4. The Morgan fingerprint density at radius 3 is 2.40 bits per heavy atom. The highest BCUT2D eigenvalue weighted by atomic mass is 16.3. The van der Waals surface area contributed by atoms with Gasteiger partial charge in [0, 0.05) is 0 Å². The Labute approximate surface area is 60.8 Å². The van der Waals surface area contributed by atoms with Crippen molar-refractivity contribution in [1.82, 2.24) is 10.2 Å². The third-order valence-electron chi connectivity index (χ3n) is 0.824. The van der Waals surface area contributed by atoms with E-state index in [-0.39, 0.29) is 12.5 Å². The molecule has 0 fully saturated rings. The van der Waals surface area contributed by atoms with E-state index in [1.807, 2.05) is 0 Å². The van der Waals surface area contributed by atoms with Gasteiger partial charge in [0.2, 0.25) is 5.91 Å².